The molecule has 1 aromatic rings. The van der Waals surface area contributed by atoms with Gasteiger partial charge in [-0.2, -0.15) is 0 Å². The molecule has 0 spiro atoms. The van der Waals surface area contributed by atoms with E-state index in [0.29, 0.717) is 49.9 Å². The van der Waals surface area contributed by atoms with E-state index >= 15 is 0 Å². The first-order valence-electron chi connectivity index (χ1n) is 13.6. The number of halogens is 3. The van der Waals surface area contributed by atoms with Crippen LogP contribution in [0, 0.1) is 22.9 Å². The summed E-state index contributed by atoms with van der Waals surface area (Å²) in [5.74, 6) is 6.32. The molecule has 0 bridgehead atoms. The highest BCUT2D eigenvalue weighted by Gasteiger charge is 2.43. The Morgan fingerprint density at radius 3 is 1.19 bits per heavy atom. The van der Waals surface area contributed by atoms with Gasteiger partial charge in [0, 0.05) is 17.7 Å². The van der Waals surface area contributed by atoms with E-state index in [2.05, 4.69) is 111 Å². The summed E-state index contributed by atoms with van der Waals surface area (Å²) in [5, 5.41) is 0. The van der Waals surface area contributed by atoms with Crippen LogP contribution in [-0.4, -0.2) is 22.5 Å². The zero-order valence-corrected chi connectivity index (χ0v) is 26.9. The number of benzene rings is 1. The minimum Gasteiger partial charge on any atom is -0.406 e. The van der Waals surface area contributed by atoms with Crippen molar-refractivity contribution in [2.45, 2.75) is 129 Å². The lowest BCUT2D eigenvalue weighted by molar-refractivity contribution is -0.274. The molecule has 0 fully saturated rings. The van der Waals surface area contributed by atoms with Crippen LogP contribution in [0.25, 0.3) is 0 Å². The van der Waals surface area contributed by atoms with E-state index in [-0.39, 0.29) is 12.3 Å². The van der Waals surface area contributed by atoms with Crippen molar-refractivity contribution >= 4 is 16.1 Å². The Hall–Kier alpha value is -1.68. The molecule has 0 saturated heterocycles. The molecular weight excluding hydrogens is 504 g/mol. The SMILES string of the molecule is CC(C)[Si](C#Cc1cc(OC(F)(F)F)cc(C#C[Si](C(C)C)(C(C)C)C(C)C)c1CN)(C(C)C)C(C)C. The molecule has 0 aromatic heterocycles. The number of hydrogen-bond acceptors (Lipinski definition) is 2. The predicted molar refractivity (Wildman–Crippen MR) is 157 cm³/mol. The second-order valence-electron chi connectivity index (χ2n) is 12.0. The van der Waals surface area contributed by atoms with Crippen molar-refractivity contribution in [3.05, 3.63) is 28.8 Å². The number of hydrogen-bond donors (Lipinski definition) is 1. The van der Waals surface area contributed by atoms with Crippen molar-refractivity contribution in [1.29, 1.82) is 0 Å². The van der Waals surface area contributed by atoms with E-state index in [4.69, 9.17) is 5.73 Å². The number of rotatable bonds is 8. The van der Waals surface area contributed by atoms with Crippen molar-refractivity contribution in [3.63, 3.8) is 0 Å². The van der Waals surface area contributed by atoms with Crippen LogP contribution >= 0.6 is 0 Å². The monoisotopic (exact) mass is 551 g/mol. The van der Waals surface area contributed by atoms with Crippen molar-refractivity contribution < 1.29 is 17.9 Å². The van der Waals surface area contributed by atoms with Gasteiger partial charge in [0.15, 0.2) is 0 Å². The lowest BCUT2D eigenvalue weighted by atomic mass is 10.0. The molecule has 0 heterocycles. The van der Waals surface area contributed by atoms with Crippen molar-refractivity contribution in [3.8, 4) is 28.7 Å². The molecule has 0 aliphatic rings. The van der Waals surface area contributed by atoms with Gasteiger partial charge in [-0.1, -0.05) is 94.9 Å². The summed E-state index contributed by atoms with van der Waals surface area (Å²) in [4.78, 5) is 0. The summed E-state index contributed by atoms with van der Waals surface area (Å²) >= 11 is 0. The highest BCUT2D eigenvalue weighted by Crippen LogP contribution is 2.42. The summed E-state index contributed by atoms with van der Waals surface area (Å²) in [7, 11) is -4.23. The molecule has 0 saturated carbocycles. The fourth-order valence-corrected chi connectivity index (χ4v) is 16.9. The molecular formula is C30H48F3NOSi2. The smallest absolute Gasteiger partial charge is 0.406 e. The Balaban J connectivity index is 4.03. The molecule has 1 rings (SSSR count). The number of nitrogens with two attached hydrogens (primary N) is 1. The maximum atomic E-state index is 13.3. The maximum absolute atomic E-state index is 13.3. The van der Waals surface area contributed by atoms with Gasteiger partial charge in [0.05, 0.1) is 0 Å². The van der Waals surface area contributed by atoms with Gasteiger partial charge in [-0.05, 0) is 50.9 Å². The molecule has 7 heteroatoms. The van der Waals surface area contributed by atoms with Gasteiger partial charge >= 0.3 is 6.36 Å². The average Bonchev–Trinajstić information content (AvgIpc) is 2.71. The average molecular weight is 552 g/mol. The van der Waals surface area contributed by atoms with Crippen molar-refractivity contribution in [2.24, 2.45) is 5.73 Å². The van der Waals surface area contributed by atoms with E-state index in [1.165, 1.54) is 12.1 Å². The topological polar surface area (TPSA) is 35.2 Å². The molecule has 0 radical (unpaired) electrons. The van der Waals surface area contributed by atoms with Crippen LogP contribution in [0.3, 0.4) is 0 Å². The molecule has 0 unspecified atom stereocenters. The third-order valence-corrected chi connectivity index (χ3v) is 20.8. The molecule has 0 amide bonds. The maximum Gasteiger partial charge on any atom is 0.573 e. The van der Waals surface area contributed by atoms with Gasteiger partial charge in [0.2, 0.25) is 0 Å². The fourth-order valence-electron chi connectivity index (χ4n) is 6.50. The normalized spacial score (nSPS) is 12.9. The zero-order valence-electron chi connectivity index (χ0n) is 24.9. The van der Waals surface area contributed by atoms with Crippen LogP contribution in [0.2, 0.25) is 33.2 Å². The Morgan fingerprint density at radius 2 is 0.973 bits per heavy atom. The lowest BCUT2D eigenvalue weighted by Crippen LogP contribution is -2.43. The molecule has 0 aliphatic heterocycles. The van der Waals surface area contributed by atoms with Gasteiger partial charge in [-0.15, -0.1) is 24.3 Å². The van der Waals surface area contributed by atoms with E-state index < -0.39 is 22.5 Å². The Kier molecular flexibility index (Phi) is 11.6. The molecule has 2 N–H and O–H groups in total. The van der Waals surface area contributed by atoms with Gasteiger partial charge in [-0.25, -0.2) is 0 Å². The third-order valence-electron chi connectivity index (χ3n) is 8.22. The molecule has 0 atom stereocenters. The first-order chi connectivity index (χ1) is 16.9. The number of alkyl halides is 3. The van der Waals surface area contributed by atoms with Crippen molar-refractivity contribution in [1.82, 2.24) is 0 Å². The van der Waals surface area contributed by atoms with Gasteiger partial charge < -0.3 is 10.5 Å². The second kappa shape index (κ2) is 12.9. The molecule has 37 heavy (non-hydrogen) atoms. The molecule has 208 valence electrons. The third kappa shape index (κ3) is 7.46. The molecule has 1 aromatic carbocycles. The summed E-state index contributed by atoms with van der Waals surface area (Å²) in [6, 6.07) is 2.76. The summed E-state index contributed by atoms with van der Waals surface area (Å²) in [6.45, 7) is 26.6. The zero-order chi connectivity index (χ0) is 28.9. The Morgan fingerprint density at radius 1 is 0.676 bits per heavy atom. The van der Waals surface area contributed by atoms with Crippen LogP contribution in [-0.2, 0) is 6.54 Å². The van der Waals surface area contributed by atoms with Crippen LogP contribution in [0.15, 0.2) is 12.1 Å². The Labute approximate surface area is 226 Å². The quantitative estimate of drug-likeness (QED) is 0.258. The summed E-state index contributed by atoms with van der Waals surface area (Å²) in [6.07, 6.45) is -4.81. The summed E-state index contributed by atoms with van der Waals surface area (Å²) in [5.41, 5.74) is 17.5. The van der Waals surface area contributed by atoms with Gasteiger partial charge in [0.1, 0.15) is 21.9 Å². The van der Waals surface area contributed by atoms with E-state index in [9.17, 15) is 13.2 Å². The van der Waals surface area contributed by atoms with Crippen LogP contribution in [0.4, 0.5) is 13.2 Å². The van der Waals surface area contributed by atoms with Crippen LogP contribution in [0.1, 0.15) is 99.8 Å². The Bertz CT molecular complexity index is 920. The fraction of sp³-hybridized carbons (Fsp3) is 0.667. The number of ether oxygens (including phenoxy) is 1. The first kappa shape index (κ1) is 33.4. The second-order valence-corrected chi connectivity index (χ2v) is 23.2. The van der Waals surface area contributed by atoms with E-state index in [1.54, 1.807) is 0 Å². The van der Waals surface area contributed by atoms with E-state index in [0.717, 1.165) is 0 Å². The minimum absolute atomic E-state index is 0.138. The minimum atomic E-state index is -4.81. The molecule has 2 nitrogen and oxygen atoms in total. The first-order valence-corrected chi connectivity index (χ1v) is 18.0. The highest BCUT2D eigenvalue weighted by atomic mass is 28.3. The predicted octanol–water partition coefficient (Wildman–Crippen LogP) is 9.18. The standard InChI is InChI=1S/C30H48F3NOSi2/c1-20(2)36(21(3)4,22(5)6)15-13-26-17-28(35-30(31,32)33)18-27(29(26)19-34)14-16-37(23(7)8,24(9)10)25(11)12/h17-18,20-25H,19,34H2,1-12H3. The summed E-state index contributed by atoms with van der Waals surface area (Å²) < 4.78 is 44.2. The lowest BCUT2D eigenvalue weighted by Gasteiger charge is -2.38. The van der Waals surface area contributed by atoms with Crippen LogP contribution in [0.5, 0.6) is 5.75 Å². The highest BCUT2D eigenvalue weighted by molar-refractivity contribution is 6.91. The molecule has 0 aliphatic carbocycles. The van der Waals surface area contributed by atoms with E-state index in [1.807, 2.05) is 0 Å². The van der Waals surface area contributed by atoms with Gasteiger partial charge in [0.25, 0.3) is 0 Å². The largest absolute Gasteiger partial charge is 0.573 e. The van der Waals surface area contributed by atoms with Crippen LogP contribution < -0.4 is 10.5 Å². The van der Waals surface area contributed by atoms with Crippen molar-refractivity contribution in [2.75, 3.05) is 0 Å². The van der Waals surface area contributed by atoms with Gasteiger partial charge in [-0.3, -0.25) is 0 Å².